The van der Waals surface area contributed by atoms with Crippen molar-refractivity contribution >= 4 is 0 Å². The number of benzene rings is 1. The molecule has 0 fully saturated rings. The Kier molecular flexibility index (Phi) is 2.96. The third-order valence-corrected chi connectivity index (χ3v) is 3.19. The molecule has 1 heterocycles. The summed E-state index contributed by atoms with van der Waals surface area (Å²) in [5.74, 6) is 1.07. The van der Waals surface area contributed by atoms with Crippen molar-refractivity contribution in [2.75, 3.05) is 6.54 Å². The van der Waals surface area contributed by atoms with Crippen molar-refractivity contribution in [1.82, 2.24) is 0 Å². The number of rotatable bonds is 2. The number of aryl methyl sites for hydroxylation is 3. The Hall–Kier alpha value is -1.02. The van der Waals surface area contributed by atoms with Crippen LogP contribution in [0.3, 0.4) is 0 Å². The van der Waals surface area contributed by atoms with Crippen molar-refractivity contribution in [1.29, 1.82) is 0 Å². The lowest BCUT2D eigenvalue weighted by molar-refractivity contribution is 0.166. The molecule has 0 spiro atoms. The summed E-state index contributed by atoms with van der Waals surface area (Å²) in [7, 11) is 0. The van der Waals surface area contributed by atoms with E-state index in [1.807, 2.05) is 0 Å². The monoisotopic (exact) mass is 205 g/mol. The van der Waals surface area contributed by atoms with Gasteiger partial charge in [-0.3, -0.25) is 0 Å². The van der Waals surface area contributed by atoms with Gasteiger partial charge in [-0.15, -0.1) is 0 Å². The van der Waals surface area contributed by atoms with E-state index in [0.29, 0.717) is 12.6 Å². The maximum absolute atomic E-state index is 5.93. The van der Waals surface area contributed by atoms with Gasteiger partial charge in [0.15, 0.2) is 0 Å². The standard InChI is InChI=1S/C13H19NO/c1-9-7-11-3-4-12(5-6-14)15-13(11)8-10(9)2/h7-8,12H,3-6,14H2,1-2H3. The molecule has 1 aromatic rings. The van der Waals surface area contributed by atoms with Crippen molar-refractivity contribution in [3.63, 3.8) is 0 Å². The molecule has 2 nitrogen and oxygen atoms in total. The topological polar surface area (TPSA) is 35.2 Å². The predicted molar refractivity (Wildman–Crippen MR) is 62.3 cm³/mol. The Morgan fingerprint density at radius 3 is 2.80 bits per heavy atom. The lowest BCUT2D eigenvalue weighted by Gasteiger charge is -2.26. The molecule has 82 valence electrons. The fourth-order valence-electron chi connectivity index (χ4n) is 2.10. The summed E-state index contributed by atoms with van der Waals surface area (Å²) in [6, 6.07) is 4.41. The van der Waals surface area contributed by atoms with Crippen molar-refractivity contribution < 1.29 is 4.74 Å². The van der Waals surface area contributed by atoms with E-state index in [9.17, 15) is 0 Å². The van der Waals surface area contributed by atoms with E-state index in [1.54, 1.807) is 0 Å². The van der Waals surface area contributed by atoms with E-state index in [4.69, 9.17) is 10.5 Å². The van der Waals surface area contributed by atoms with Gasteiger partial charge < -0.3 is 10.5 Å². The molecule has 0 aromatic heterocycles. The zero-order valence-electron chi connectivity index (χ0n) is 9.55. The maximum Gasteiger partial charge on any atom is 0.123 e. The molecule has 1 unspecified atom stereocenters. The molecule has 0 aliphatic carbocycles. The molecule has 1 aliphatic rings. The van der Waals surface area contributed by atoms with Crippen molar-refractivity contribution in [2.24, 2.45) is 5.73 Å². The average molecular weight is 205 g/mol. The van der Waals surface area contributed by atoms with Crippen LogP contribution in [0, 0.1) is 13.8 Å². The summed E-state index contributed by atoms with van der Waals surface area (Å²) in [4.78, 5) is 0. The molecular weight excluding hydrogens is 186 g/mol. The van der Waals surface area contributed by atoms with Crippen LogP contribution in [0.15, 0.2) is 12.1 Å². The van der Waals surface area contributed by atoms with Crippen LogP contribution in [-0.4, -0.2) is 12.6 Å². The number of ether oxygens (including phenoxy) is 1. The van der Waals surface area contributed by atoms with Crippen LogP contribution in [0.5, 0.6) is 5.75 Å². The highest BCUT2D eigenvalue weighted by molar-refractivity contribution is 5.42. The molecule has 1 atom stereocenters. The minimum absolute atomic E-state index is 0.324. The molecule has 1 aromatic carbocycles. The van der Waals surface area contributed by atoms with Gasteiger partial charge >= 0.3 is 0 Å². The highest BCUT2D eigenvalue weighted by Gasteiger charge is 2.19. The quantitative estimate of drug-likeness (QED) is 0.804. The van der Waals surface area contributed by atoms with Crippen molar-refractivity contribution in [3.8, 4) is 5.75 Å². The van der Waals surface area contributed by atoms with Gasteiger partial charge in [-0.2, -0.15) is 0 Å². The van der Waals surface area contributed by atoms with Gasteiger partial charge in [0.1, 0.15) is 11.9 Å². The van der Waals surface area contributed by atoms with E-state index in [2.05, 4.69) is 26.0 Å². The molecule has 2 rings (SSSR count). The first kappa shape index (κ1) is 10.5. The average Bonchev–Trinajstić information content (AvgIpc) is 2.21. The highest BCUT2D eigenvalue weighted by atomic mass is 16.5. The lowest BCUT2D eigenvalue weighted by Crippen LogP contribution is -2.25. The van der Waals surface area contributed by atoms with Gasteiger partial charge in [-0.1, -0.05) is 6.07 Å². The Bertz CT molecular complexity index is 360. The molecule has 0 saturated heterocycles. The van der Waals surface area contributed by atoms with Crippen LogP contribution < -0.4 is 10.5 Å². The second-order valence-electron chi connectivity index (χ2n) is 4.40. The third-order valence-electron chi connectivity index (χ3n) is 3.19. The molecule has 0 bridgehead atoms. The molecule has 2 N–H and O–H groups in total. The second kappa shape index (κ2) is 4.23. The second-order valence-corrected chi connectivity index (χ2v) is 4.40. The first-order chi connectivity index (χ1) is 7.20. The van der Waals surface area contributed by atoms with Gasteiger partial charge in [-0.05, 0) is 62.4 Å². The normalized spacial score (nSPS) is 19.5. The SMILES string of the molecule is Cc1cc2c(cc1C)OC(CCN)CC2. The summed E-state index contributed by atoms with van der Waals surface area (Å²) in [5.41, 5.74) is 9.57. The summed E-state index contributed by atoms with van der Waals surface area (Å²) in [6.45, 7) is 5.00. The van der Waals surface area contributed by atoms with Crippen LogP contribution in [-0.2, 0) is 6.42 Å². The molecule has 0 amide bonds. The van der Waals surface area contributed by atoms with Gasteiger partial charge in [0, 0.05) is 0 Å². The Labute approximate surface area is 91.4 Å². The van der Waals surface area contributed by atoms with Crippen LogP contribution >= 0.6 is 0 Å². The molecule has 1 aliphatic heterocycles. The molecule has 15 heavy (non-hydrogen) atoms. The smallest absolute Gasteiger partial charge is 0.123 e. The van der Waals surface area contributed by atoms with E-state index in [-0.39, 0.29) is 0 Å². The minimum Gasteiger partial charge on any atom is -0.490 e. The van der Waals surface area contributed by atoms with Crippen LogP contribution in [0.25, 0.3) is 0 Å². The van der Waals surface area contributed by atoms with E-state index < -0.39 is 0 Å². The van der Waals surface area contributed by atoms with Crippen LogP contribution in [0.1, 0.15) is 29.5 Å². The zero-order valence-corrected chi connectivity index (χ0v) is 9.55. The van der Waals surface area contributed by atoms with E-state index in [1.165, 1.54) is 16.7 Å². The van der Waals surface area contributed by atoms with E-state index >= 15 is 0 Å². The largest absolute Gasteiger partial charge is 0.490 e. The van der Waals surface area contributed by atoms with E-state index in [0.717, 1.165) is 25.0 Å². The number of fused-ring (bicyclic) bond motifs is 1. The van der Waals surface area contributed by atoms with Gasteiger partial charge in [0.2, 0.25) is 0 Å². The van der Waals surface area contributed by atoms with Gasteiger partial charge in [0.25, 0.3) is 0 Å². The fraction of sp³-hybridized carbons (Fsp3) is 0.538. The molecule has 2 heteroatoms. The first-order valence-corrected chi connectivity index (χ1v) is 5.67. The molecular formula is C13H19NO. The fourth-order valence-corrected chi connectivity index (χ4v) is 2.10. The maximum atomic E-state index is 5.93. The summed E-state index contributed by atoms with van der Waals surface area (Å²) >= 11 is 0. The number of nitrogens with two attached hydrogens (primary N) is 1. The Morgan fingerprint density at radius 2 is 2.07 bits per heavy atom. The summed E-state index contributed by atoms with van der Waals surface area (Å²) in [6.07, 6.45) is 3.52. The Morgan fingerprint density at radius 1 is 1.33 bits per heavy atom. The first-order valence-electron chi connectivity index (χ1n) is 5.67. The number of hydrogen-bond donors (Lipinski definition) is 1. The third kappa shape index (κ3) is 2.15. The number of hydrogen-bond acceptors (Lipinski definition) is 2. The molecule has 0 saturated carbocycles. The van der Waals surface area contributed by atoms with Crippen LogP contribution in [0.2, 0.25) is 0 Å². The lowest BCUT2D eigenvalue weighted by atomic mass is 9.97. The van der Waals surface area contributed by atoms with Crippen molar-refractivity contribution in [3.05, 3.63) is 28.8 Å². The Balaban J connectivity index is 2.22. The van der Waals surface area contributed by atoms with Gasteiger partial charge in [-0.25, -0.2) is 0 Å². The van der Waals surface area contributed by atoms with Crippen molar-refractivity contribution in [2.45, 2.75) is 39.2 Å². The zero-order chi connectivity index (χ0) is 10.8. The van der Waals surface area contributed by atoms with Gasteiger partial charge in [0.05, 0.1) is 0 Å². The molecule has 0 radical (unpaired) electrons. The summed E-state index contributed by atoms with van der Waals surface area (Å²) < 4.78 is 5.93. The highest BCUT2D eigenvalue weighted by Crippen LogP contribution is 2.30. The van der Waals surface area contributed by atoms with Crippen LogP contribution in [0.4, 0.5) is 0 Å². The predicted octanol–water partition coefficient (Wildman–Crippen LogP) is 2.35. The minimum atomic E-state index is 0.324. The summed E-state index contributed by atoms with van der Waals surface area (Å²) in [5, 5.41) is 0.